The van der Waals surface area contributed by atoms with E-state index in [1.165, 1.54) is 7.11 Å². The van der Waals surface area contributed by atoms with E-state index in [0.29, 0.717) is 5.56 Å². The standard InChI is InChI=1S/C10H13F2NO2/c1-15-10-5-8(12)7(11)4-6(10)9(13)2-3-14/h4-5,9,14H,2-3,13H2,1H3. The molecule has 0 aliphatic carbocycles. The SMILES string of the molecule is COc1cc(F)c(F)cc1C(N)CCO. The topological polar surface area (TPSA) is 55.5 Å². The van der Waals surface area contributed by atoms with Crippen molar-refractivity contribution in [2.45, 2.75) is 12.5 Å². The molecule has 15 heavy (non-hydrogen) atoms. The summed E-state index contributed by atoms with van der Waals surface area (Å²) in [4.78, 5) is 0. The Bertz CT molecular complexity index is 344. The highest BCUT2D eigenvalue weighted by atomic mass is 19.2. The van der Waals surface area contributed by atoms with Gasteiger partial charge in [-0.1, -0.05) is 0 Å². The van der Waals surface area contributed by atoms with Crippen LogP contribution in [0, 0.1) is 11.6 Å². The van der Waals surface area contributed by atoms with Crippen LogP contribution in [0.25, 0.3) is 0 Å². The molecule has 0 aromatic heterocycles. The van der Waals surface area contributed by atoms with Gasteiger partial charge in [-0.15, -0.1) is 0 Å². The lowest BCUT2D eigenvalue weighted by atomic mass is 10.0. The Morgan fingerprint density at radius 1 is 1.40 bits per heavy atom. The normalized spacial score (nSPS) is 12.6. The molecular formula is C10H13F2NO2. The predicted octanol–water partition coefficient (Wildman–Crippen LogP) is 1.36. The van der Waals surface area contributed by atoms with Crippen LogP contribution in [0.15, 0.2) is 12.1 Å². The van der Waals surface area contributed by atoms with Crippen molar-refractivity contribution in [3.8, 4) is 5.75 Å². The van der Waals surface area contributed by atoms with Gasteiger partial charge in [-0.25, -0.2) is 8.78 Å². The van der Waals surface area contributed by atoms with Crippen LogP contribution in [0.2, 0.25) is 0 Å². The molecule has 0 radical (unpaired) electrons. The molecule has 0 amide bonds. The van der Waals surface area contributed by atoms with Crippen LogP contribution in [-0.4, -0.2) is 18.8 Å². The van der Waals surface area contributed by atoms with Gasteiger partial charge >= 0.3 is 0 Å². The lowest BCUT2D eigenvalue weighted by molar-refractivity contribution is 0.274. The fourth-order valence-corrected chi connectivity index (χ4v) is 1.31. The minimum atomic E-state index is -0.980. The molecule has 0 saturated heterocycles. The van der Waals surface area contributed by atoms with Crippen LogP contribution < -0.4 is 10.5 Å². The Kier molecular flexibility index (Phi) is 3.99. The van der Waals surface area contributed by atoms with Crippen molar-refractivity contribution in [3.05, 3.63) is 29.3 Å². The van der Waals surface area contributed by atoms with Gasteiger partial charge in [0.1, 0.15) is 5.75 Å². The number of methoxy groups -OCH3 is 1. The van der Waals surface area contributed by atoms with Gasteiger partial charge in [0.05, 0.1) is 7.11 Å². The summed E-state index contributed by atoms with van der Waals surface area (Å²) in [5, 5.41) is 8.70. The first-order chi connectivity index (χ1) is 7.10. The van der Waals surface area contributed by atoms with Crippen molar-refractivity contribution < 1.29 is 18.6 Å². The Labute approximate surface area is 86.5 Å². The third-order valence-corrected chi connectivity index (χ3v) is 2.11. The van der Waals surface area contributed by atoms with Gasteiger partial charge in [-0.3, -0.25) is 0 Å². The maximum atomic E-state index is 12.9. The quantitative estimate of drug-likeness (QED) is 0.800. The summed E-state index contributed by atoms with van der Waals surface area (Å²) in [5.74, 6) is -1.76. The molecule has 0 aliphatic rings. The summed E-state index contributed by atoms with van der Waals surface area (Å²) in [6, 6.07) is 1.37. The Balaban J connectivity index is 3.09. The highest BCUT2D eigenvalue weighted by Gasteiger charge is 2.15. The van der Waals surface area contributed by atoms with E-state index in [9.17, 15) is 8.78 Å². The van der Waals surface area contributed by atoms with Gasteiger partial charge in [-0.05, 0) is 12.5 Å². The number of halogens is 2. The summed E-state index contributed by atoms with van der Waals surface area (Å²) < 4.78 is 30.7. The average Bonchev–Trinajstić information content (AvgIpc) is 2.21. The lowest BCUT2D eigenvalue weighted by Crippen LogP contribution is -2.13. The molecule has 3 nitrogen and oxygen atoms in total. The van der Waals surface area contributed by atoms with Gasteiger partial charge in [0.25, 0.3) is 0 Å². The van der Waals surface area contributed by atoms with Gasteiger partial charge in [0.2, 0.25) is 0 Å². The van der Waals surface area contributed by atoms with E-state index in [0.717, 1.165) is 12.1 Å². The van der Waals surface area contributed by atoms with Crippen molar-refractivity contribution in [1.82, 2.24) is 0 Å². The summed E-state index contributed by atoms with van der Waals surface area (Å²) in [5.41, 5.74) is 6.02. The van der Waals surface area contributed by atoms with Gasteiger partial charge in [-0.2, -0.15) is 0 Å². The first kappa shape index (κ1) is 11.9. The zero-order chi connectivity index (χ0) is 11.4. The molecule has 1 aromatic rings. The molecule has 1 rings (SSSR count). The third kappa shape index (κ3) is 2.64. The van der Waals surface area contributed by atoms with Crippen molar-refractivity contribution in [1.29, 1.82) is 0 Å². The molecule has 0 fully saturated rings. The van der Waals surface area contributed by atoms with E-state index < -0.39 is 17.7 Å². The number of ether oxygens (including phenoxy) is 1. The van der Waals surface area contributed by atoms with Crippen molar-refractivity contribution in [3.63, 3.8) is 0 Å². The smallest absolute Gasteiger partial charge is 0.162 e. The summed E-state index contributed by atoms with van der Waals surface area (Å²) in [6.45, 7) is -0.122. The molecule has 1 atom stereocenters. The van der Waals surface area contributed by atoms with Crippen molar-refractivity contribution in [2.24, 2.45) is 5.73 Å². The predicted molar refractivity (Wildman–Crippen MR) is 51.5 cm³/mol. The fraction of sp³-hybridized carbons (Fsp3) is 0.400. The van der Waals surface area contributed by atoms with Gasteiger partial charge < -0.3 is 15.6 Å². The van der Waals surface area contributed by atoms with Gasteiger partial charge in [0, 0.05) is 24.3 Å². The van der Waals surface area contributed by atoms with E-state index in [2.05, 4.69) is 0 Å². The molecule has 1 aromatic carbocycles. The number of hydrogen-bond acceptors (Lipinski definition) is 3. The summed E-state index contributed by atoms with van der Waals surface area (Å²) in [7, 11) is 1.35. The monoisotopic (exact) mass is 217 g/mol. The highest BCUT2D eigenvalue weighted by Crippen LogP contribution is 2.27. The molecule has 0 aliphatic heterocycles. The number of nitrogens with two attached hydrogens (primary N) is 1. The van der Waals surface area contributed by atoms with E-state index in [4.69, 9.17) is 15.6 Å². The Hall–Kier alpha value is -1.20. The molecule has 0 bridgehead atoms. The second-order valence-electron chi connectivity index (χ2n) is 3.13. The molecule has 0 saturated carbocycles. The Morgan fingerprint density at radius 2 is 2.00 bits per heavy atom. The first-order valence-electron chi connectivity index (χ1n) is 4.49. The second kappa shape index (κ2) is 5.04. The molecule has 5 heteroatoms. The van der Waals surface area contributed by atoms with Crippen molar-refractivity contribution >= 4 is 0 Å². The minimum Gasteiger partial charge on any atom is -0.496 e. The van der Waals surface area contributed by atoms with E-state index in [1.54, 1.807) is 0 Å². The maximum Gasteiger partial charge on any atom is 0.162 e. The first-order valence-corrected chi connectivity index (χ1v) is 4.49. The van der Waals surface area contributed by atoms with Crippen LogP contribution in [0.5, 0.6) is 5.75 Å². The Morgan fingerprint density at radius 3 is 2.53 bits per heavy atom. The average molecular weight is 217 g/mol. The zero-order valence-electron chi connectivity index (χ0n) is 8.34. The highest BCUT2D eigenvalue weighted by molar-refractivity contribution is 5.37. The van der Waals surface area contributed by atoms with E-state index >= 15 is 0 Å². The molecule has 0 heterocycles. The number of aliphatic hydroxyl groups excluding tert-OH is 1. The fourth-order valence-electron chi connectivity index (χ4n) is 1.31. The molecular weight excluding hydrogens is 204 g/mol. The number of hydrogen-bond donors (Lipinski definition) is 2. The van der Waals surface area contributed by atoms with E-state index in [1.807, 2.05) is 0 Å². The molecule has 0 spiro atoms. The van der Waals surface area contributed by atoms with Crippen LogP contribution in [-0.2, 0) is 0 Å². The number of benzene rings is 1. The molecule has 3 N–H and O–H groups in total. The maximum absolute atomic E-state index is 12.9. The van der Waals surface area contributed by atoms with E-state index in [-0.39, 0.29) is 18.8 Å². The van der Waals surface area contributed by atoms with Gasteiger partial charge in [0.15, 0.2) is 11.6 Å². The van der Waals surface area contributed by atoms with Crippen molar-refractivity contribution in [2.75, 3.05) is 13.7 Å². The molecule has 1 unspecified atom stereocenters. The van der Waals surface area contributed by atoms with Crippen LogP contribution in [0.1, 0.15) is 18.0 Å². The zero-order valence-corrected chi connectivity index (χ0v) is 8.34. The summed E-state index contributed by atoms with van der Waals surface area (Å²) in [6.07, 6.45) is 0.265. The summed E-state index contributed by atoms with van der Waals surface area (Å²) >= 11 is 0. The van der Waals surface area contributed by atoms with Crippen LogP contribution in [0.4, 0.5) is 8.78 Å². The third-order valence-electron chi connectivity index (χ3n) is 2.11. The van der Waals surface area contributed by atoms with Crippen LogP contribution >= 0.6 is 0 Å². The second-order valence-corrected chi connectivity index (χ2v) is 3.13. The largest absolute Gasteiger partial charge is 0.496 e. The minimum absolute atomic E-state index is 0.122. The lowest BCUT2D eigenvalue weighted by Gasteiger charge is -2.14. The van der Waals surface area contributed by atoms with Crippen LogP contribution in [0.3, 0.4) is 0 Å². The number of aliphatic hydroxyl groups is 1. The number of rotatable bonds is 4. The molecule has 84 valence electrons.